The molecule has 1 radical (unpaired) electrons. The highest BCUT2D eigenvalue weighted by atomic mass is 32.2. The van der Waals surface area contributed by atoms with E-state index in [9.17, 15) is 4.79 Å². The topological polar surface area (TPSA) is 17.1 Å². The molecule has 0 unspecified atom stereocenters. The zero-order chi connectivity index (χ0) is 18.5. The maximum atomic E-state index is 12.5. The molecule has 27 heavy (non-hydrogen) atoms. The highest BCUT2D eigenvalue weighted by Gasteiger charge is 2.10. The van der Waals surface area contributed by atoms with Gasteiger partial charge in [0.2, 0.25) is 0 Å². The summed E-state index contributed by atoms with van der Waals surface area (Å²) in [5.41, 5.74) is 3.74. The largest absolute Gasteiger partial charge is 0.289 e. The van der Waals surface area contributed by atoms with E-state index in [1.165, 1.54) is 5.56 Å². The van der Waals surface area contributed by atoms with Crippen molar-refractivity contribution in [3.8, 4) is 11.1 Å². The molecular formula is C25H17OS. The zero-order valence-electron chi connectivity index (χ0n) is 14.6. The van der Waals surface area contributed by atoms with Crippen LogP contribution in [0.2, 0.25) is 0 Å². The van der Waals surface area contributed by atoms with Gasteiger partial charge in [-0.3, -0.25) is 4.79 Å². The zero-order valence-corrected chi connectivity index (χ0v) is 15.4. The summed E-state index contributed by atoms with van der Waals surface area (Å²) >= 11 is 1.66. The Morgan fingerprint density at radius 1 is 0.667 bits per heavy atom. The van der Waals surface area contributed by atoms with E-state index in [0.717, 1.165) is 15.4 Å². The van der Waals surface area contributed by atoms with Crippen LogP contribution in [-0.4, -0.2) is 5.78 Å². The lowest BCUT2D eigenvalue weighted by Crippen LogP contribution is -2.00. The Labute approximate surface area is 163 Å². The first-order valence-electron chi connectivity index (χ1n) is 8.75. The molecule has 0 fully saturated rings. The fraction of sp³-hybridized carbons (Fsp3) is 0. The van der Waals surface area contributed by atoms with Crippen LogP contribution in [0.1, 0.15) is 15.9 Å². The van der Waals surface area contributed by atoms with Crippen LogP contribution in [0, 0.1) is 6.07 Å². The summed E-state index contributed by atoms with van der Waals surface area (Å²) in [6.45, 7) is 0. The second kappa shape index (κ2) is 8.07. The van der Waals surface area contributed by atoms with Crippen molar-refractivity contribution in [1.29, 1.82) is 0 Å². The lowest BCUT2D eigenvalue weighted by molar-refractivity contribution is 0.103. The first-order chi connectivity index (χ1) is 13.3. The summed E-state index contributed by atoms with van der Waals surface area (Å²) in [4.78, 5) is 14.7. The van der Waals surface area contributed by atoms with Gasteiger partial charge in [0, 0.05) is 20.9 Å². The second-order valence-corrected chi connectivity index (χ2v) is 7.18. The molecule has 129 valence electrons. The quantitative estimate of drug-likeness (QED) is 0.374. The van der Waals surface area contributed by atoms with E-state index in [1.807, 2.05) is 84.9 Å². The SMILES string of the molecule is O=C(c1ccccc1)c1ccc(Sc2[c]cccc2-c2ccccc2)cc1. The lowest BCUT2D eigenvalue weighted by atomic mass is 10.0. The molecule has 0 saturated heterocycles. The standard InChI is InChI=1S/C25H17OS/c26-25(20-11-5-2-6-12-20)21-15-17-22(18-16-21)27-24-14-8-7-13-23(24)19-9-3-1-4-10-19/h1-13,15-18H. The van der Waals surface area contributed by atoms with Crippen molar-refractivity contribution in [2.45, 2.75) is 9.79 Å². The summed E-state index contributed by atoms with van der Waals surface area (Å²) < 4.78 is 0. The monoisotopic (exact) mass is 365 g/mol. The summed E-state index contributed by atoms with van der Waals surface area (Å²) in [6.07, 6.45) is 0. The average Bonchev–Trinajstić information content (AvgIpc) is 2.75. The van der Waals surface area contributed by atoms with Crippen molar-refractivity contribution in [1.82, 2.24) is 0 Å². The van der Waals surface area contributed by atoms with Crippen molar-refractivity contribution in [3.05, 3.63) is 120 Å². The van der Waals surface area contributed by atoms with E-state index >= 15 is 0 Å². The minimum atomic E-state index is 0.0448. The maximum absolute atomic E-state index is 12.5. The summed E-state index contributed by atoms with van der Waals surface area (Å²) in [7, 11) is 0. The molecule has 2 heteroatoms. The van der Waals surface area contributed by atoms with Gasteiger partial charge in [-0.25, -0.2) is 0 Å². The van der Waals surface area contributed by atoms with Gasteiger partial charge in [-0.1, -0.05) is 90.6 Å². The van der Waals surface area contributed by atoms with Gasteiger partial charge in [0.05, 0.1) is 0 Å². The molecule has 0 aromatic heterocycles. The van der Waals surface area contributed by atoms with Crippen LogP contribution < -0.4 is 0 Å². The van der Waals surface area contributed by atoms with E-state index in [2.05, 4.69) is 24.3 Å². The fourth-order valence-corrected chi connectivity index (χ4v) is 3.83. The van der Waals surface area contributed by atoms with Crippen molar-refractivity contribution >= 4 is 17.5 Å². The van der Waals surface area contributed by atoms with Gasteiger partial charge in [-0.15, -0.1) is 0 Å². The first kappa shape index (κ1) is 17.3. The van der Waals surface area contributed by atoms with Crippen molar-refractivity contribution < 1.29 is 4.79 Å². The summed E-state index contributed by atoms with van der Waals surface area (Å²) in [5.74, 6) is 0.0448. The van der Waals surface area contributed by atoms with Gasteiger partial charge in [-0.2, -0.15) is 0 Å². The van der Waals surface area contributed by atoms with Crippen LogP contribution in [0.3, 0.4) is 0 Å². The normalized spacial score (nSPS) is 10.5. The average molecular weight is 365 g/mol. The van der Waals surface area contributed by atoms with Crippen LogP contribution in [0.25, 0.3) is 11.1 Å². The highest BCUT2D eigenvalue weighted by Crippen LogP contribution is 2.35. The molecular weight excluding hydrogens is 348 g/mol. The Kier molecular flexibility index (Phi) is 5.17. The Hall–Kier alpha value is -3.10. The number of hydrogen-bond acceptors (Lipinski definition) is 2. The Balaban J connectivity index is 1.57. The number of carbonyl (C=O) groups is 1. The van der Waals surface area contributed by atoms with E-state index in [0.29, 0.717) is 11.1 Å². The van der Waals surface area contributed by atoms with E-state index < -0.39 is 0 Å². The molecule has 0 aliphatic carbocycles. The predicted octanol–water partition coefficient (Wildman–Crippen LogP) is 6.54. The number of ketones is 1. The minimum Gasteiger partial charge on any atom is -0.289 e. The minimum absolute atomic E-state index is 0.0448. The third-order valence-electron chi connectivity index (χ3n) is 4.28. The maximum Gasteiger partial charge on any atom is 0.193 e. The third kappa shape index (κ3) is 4.02. The molecule has 0 heterocycles. The van der Waals surface area contributed by atoms with Crippen LogP contribution in [0.15, 0.2) is 113 Å². The number of rotatable bonds is 5. The lowest BCUT2D eigenvalue weighted by Gasteiger charge is -2.09. The summed E-state index contributed by atoms with van der Waals surface area (Å²) in [6, 6.07) is 36.9. The highest BCUT2D eigenvalue weighted by molar-refractivity contribution is 7.99. The number of benzene rings is 4. The van der Waals surface area contributed by atoms with Crippen LogP contribution >= 0.6 is 11.8 Å². The molecule has 0 atom stereocenters. The Morgan fingerprint density at radius 3 is 2.00 bits per heavy atom. The smallest absolute Gasteiger partial charge is 0.193 e. The van der Waals surface area contributed by atoms with Crippen LogP contribution in [-0.2, 0) is 0 Å². The predicted molar refractivity (Wildman–Crippen MR) is 111 cm³/mol. The van der Waals surface area contributed by atoms with Gasteiger partial charge in [0.15, 0.2) is 5.78 Å². The molecule has 4 rings (SSSR count). The van der Waals surface area contributed by atoms with E-state index in [4.69, 9.17) is 0 Å². The number of carbonyl (C=O) groups excluding carboxylic acids is 1. The van der Waals surface area contributed by atoms with E-state index in [1.54, 1.807) is 11.8 Å². The molecule has 0 bridgehead atoms. The molecule has 4 aromatic carbocycles. The number of hydrogen-bond donors (Lipinski definition) is 0. The molecule has 0 amide bonds. The van der Waals surface area contributed by atoms with Crippen LogP contribution in [0.4, 0.5) is 0 Å². The third-order valence-corrected chi connectivity index (χ3v) is 5.33. The molecule has 0 aliphatic heterocycles. The van der Waals surface area contributed by atoms with Crippen LogP contribution in [0.5, 0.6) is 0 Å². The molecule has 0 N–H and O–H groups in total. The second-order valence-electron chi connectivity index (χ2n) is 6.10. The summed E-state index contributed by atoms with van der Waals surface area (Å²) in [5, 5.41) is 0. The fourth-order valence-electron chi connectivity index (χ4n) is 2.90. The van der Waals surface area contributed by atoms with Gasteiger partial charge in [-0.05, 0) is 41.5 Å². The van der Waals surface area contributed by atoms with Crippen molar-refractivity contribution in [2.75, 3.05) is 0 Å². The molecule has 0 aliphatic rings. The Bertz CT molecular complexity index is 1040. The molecule has 0 spiro atoms. The van der Waals surface area contributed by atoms with Gasteiger partial charge in [0.25, 0.3) is 0 Å². The van der Waals surface area contributed by atoms with Gasteiger partial charge >= 0.3 is 0 Å². The first-order valence-corrected chi connectivity index (χ1v) is 9.57. The molecule has 4 aromatic rings. The van der Waals surface area contributed by atoms with Crippen molar-refractivity contribution in [3.63, 3.8) is 0 Å². The molecule has 0 saturated carbocycles. The Morgan fingerprint density at radius 2 is 1.30 bits per heavy atom. The molecule has 1 nitrogen and oxygen atoms in total. The van der Waals surface area contributed by atoms with Crippen molar-refractivity contribution in [2.24, 2.45) is 0 Å². The van der Waals surface area contributed by atoms with Gasteiger partial charge in [0.1, 0.15) is 0 Å². The van der Waals surface area contributed by atoms with Gasteiger partial charge < -0.3 is 0 Å². The van der Waals surface area contributed by atoms with E-state index in [-0.39, 0.29) is 5.78 Å².